The van der Waals surface area contributed by atoms with Gasteiger partial charge in [-0.2, -0.15) is 0 Å². The number of hydrogen-bond donors (Lipinski definition) is 0. The highest BCUT2D eigenvalue weighted by molar-refractivity contribution is 5.94. The van der Waals surface area contributed by atoms with Crippen molar-refractivity contribution in [1.29, 1.82) is 0 Å². The van der Waals surface area contributed by atoms with Gasteiger partial charge in [-0.3, -0.25) is 9.69 Å². The van der Waals surface area contributed by atoms with Gasteiger partial charge in [-0.05, 0) is 37.7 Å². The van der Waals surface area contributed by atoms with E-state index in [4.69, 9.17) is 9.47 Å². The summed E-state index contributed by atoms with van der Waals surface area (Å²) < 4.78 is 11.8. The van der Waals surface area contributed by atoms with Gasteiger partial charge in [0.25, 0.3) is 0 Å². The summed E-state index contributed by atoms with van der Waals surface area (Å²) >= 11 is 0. The van der Waals surface area contributed by atoms with Gasteiger partial charge in [0.2, 0.25) is 5.91 Å². The fourth-order valence-corrected chi connectivity index (χ4v) is 3.13. The summed E-state index contributed by atoms with van der Waals surface area (Å²) in [4.78, 5) is 16.7. The molecule has 0 aromatic heterocycles. The zero-order chi connectivity index (χ0) is 18.4. The summed E-state index contributed by atoms with van der Waals surface area (Å²) in [6, 6.07) is 17.5. The molecule has 0 bridgehead atoms. The molecule has 1 aliphatic rings. The maximum Gasteiger partial charge on any atom is 0.241 e. The highest BCUT2D eigenvalue weighted by Gasteiger charge is 2.24. The summed E-state index contributed by atoms with van der Waals surface area (Å²) in [6.07, 6.45) is -0.0792. The lowest BCUT2D eigenvalue weighted by Gasteiger charge is -2.31. The summed E-state index contributed by atoms with van der Waals surface area (Å²) in [7, 11) is 0. The van der Waals surface area contributed by atoms with Gasteiger partial charge >= 0.3 is 0 Å². The largest absolute Gasteiger partial charge is 0.486 e. The van der Waals surface area contributed by atoms with E-state index < -0.39 is 0 Å². The second kappa shape index (κ2) is 8.72. The van der Waals surface area contributed by atoms with Crippen LogP contribution in [-0.4, -0.2) is 49.7 Å². The van der Waals surface area contributed by atoms with Crippen LogP contribution in [0, 0.1) is 0 Å². The van der Waals surface area contributed by atoms with Crippen molar-refractivity contribution >= 4 is 11.6 Å². The van der Waals surface area contributed by atoms with E-state index in [2.05, 4.69) is 11.8 Å². The molecule has 26 heavy (non-hydrogen) atoms. The Balaban J connectivity index is 1.60. The lowest BCUT2D eigenvalue weighted by molar-refractivity contribution is -0.120. The minimum atomic E-state index is -0.0792. The third-order valence-electron chi connectivity index (χ3n) is 4.52. The molecule has 5 nitrogen and oxygen atoms in total. The topological polar surface area (TPSA) is 42.0 Å². The van der Waals surface area contributed by atoms with Crippen molar-refractivity contribution in [2.24, 2.45) is 0 Å². The molecule has 2 aromatic carbocycles. The zero-order valence-corrected chi connectivity index (χ0v) is 15.4. The average Bonchev–Trinajstić information content (AvgIpc) is 2.68. The van der Waals surface area contributed by atoms with E-state index in [1.807, 2.05) is 66.4 Å². The number of fused-ring (bicyclic) bond motifs is 1. The first-order valence-corrected chi connectivity index (χ1v) is 9.17. The third kappa shape index (κ3) is 4.35. The Morgan fingerprint density at radius 3 is 2.38 bits per heavy atom. The van der Waals surface area contributed by atoms with Crippen LogP contribution in [0.25, 0.3) is 0 Å². The lowest BCUT2D eigenvalue weighted by atomic mass is 10.2. The molecule has 1 aliphatic heterocycles. The van der Waals surface area contributed by atoms with Crippen LogP contribution in [0.5, 0.6) is 11.5 Å². The van der Waals surface area contributed by atoms with Gasteiger partial charge in [0.1, 0.15) is 12.7 Å². The van der Waals surface area contributed by atoms with E-state index >= 15 is 0 Å². The van der Waals surface area contributed by atoms with E-state index in [0.717, 1.165) is 23.7 Å². The Labute approximate surface area is 155 Å². The van der Waals surface area contributed by atoms with Crippen LogP contribution < -0.4 is 14.4 Å². The molecule has 2 aromatic rings. The van der Waals surface area contributed by atoms with E-state index in [1.54, 1.807) is 0 Å². The van der Waals surface area contributed by atoms with Gasteiger partial charge in [0.05, 0.1) is 6.54 Å². The number of para-hydroxylation sites is 3. The Morgan fingerprint density at radius 1 is 1.00 bits per heavy atom. The Kier molecular flexibility index (Phi) is 6.12. The zero-order valence-electron chi connectivity index (χ0n) is 15.4. The second-order valence-corrected chi connectivity index (χ2v) is 6.30. The molecule has 0 saturated carbocycles. The number of anilines is 1. The lowest BCUT2D eigenvalue weighted by Crippen LogP contribution is -2.46. The van der Waals surface area contributed by atoms with Crippen molar-refractivity contribution in [3.8, 4) is 11.5 Å². The number of benzene rings is 2. The number of ether oxygens (including phenoxy) is 2. The maximum absolute atomic E-state index is 12.8. The predicted molar refractivity (Wildman–Crippen MR) is 103 cm³/mol. The summed E-state index contributed by atoms with van der Waals surface area (Å²) in [5.74, 6) is 1.65. The molecule has 5 heteroatoms. The van der Waals surface area contributed by atoms with Crippen molar-refractivity contribution in [1.82, 2.24) is 4.90 Å². The summed E-state index contributed by atoms with van der Waals surface area (Å²) in [6.45, 7) is 7.00. The molecular weight excluding hydrogens is 328 g/mol. The quantitative estimate of drug-likeness (QED) is 0.766. The first kappa shape index (κ1) is 18.3. The molecule has 1 heterocycles. The molecule has 0 spiro atoms. The summed E-state index contributed by atoms with van der Waals surface area (Å²) in [5.41, 5.74) is 0.933. The minimum Gasteiger partial charge on any atom is -0.486 e. The molecule has 138 valence electrons. The smallest absolute Gasteiger partial charge is 0.241 e. The van der Waals surface area contributed by atoms with E-state index in [9.17, 15) is 4.79 Å². The Morgan fingerprint density at radius 2 is 1.69 bits per heavy atom. The van der Waals surface area contributed by atoms with E-state index in [-0.39, 0.29) is 12.0 Å². The van der Waals surface area contributed by atoms with Crippen LogP contribution in [0.1, 0.15) is 13.8 Å². The molecule has 1 amide bonds. The minimum absolute atomic E-state index is 0.0792. The fourth-order valence-electron chi connectivity index (χ4n) is 3.13. The number of rotatable bonds is 7. The predicted octanol–water partition coefficient (Wildman–Crippen LogP) is 3.20. The number of hydrogen-bond acceptors (Lipinski definition) is 4. The van der Waals surface area contributed by atoms with Gasteiger partial charge in [0, 0.05) is 18.8 Å². The summed E-state index contributed by atoms with van der Waals surface area (Å²) in [5, 5.41) is 0. The molecular formula is C21H26N2O3. The molecule has 0 saturated heterocycles. The molecule has 1 atom stereocenters. The van der Waals surface area contributed by atoms with Gasteiger partial charge in [-0.1, -0.05) is 37.3 Å². The van der Waals surface area contributed by atoms with Crippen LogP contribution in [-0.2, 0) is 4.79 Å². The monoisotopic (exact) mass is 354 g/mol. The van der Waals surface area contributed by atoms with Crippen molar-refractivity contribution in [2.75, 3.05) is 37.7 Å². The molecule has 0 radical (unpaired) electrons. The molecule has 3 rings (SSSR count). The standard InChI is InChI=1S/C21H26N2O3/c1-3-22(14-18-16-25-19-12-8-9-13-20(19)26-18)15-21(24)23(4-2)17-10-6-5-7-11-17/h5-13,18H,3-4,14-16H2,1-2H3. The molecule has 0 fully saturated rings. The van der Waals surface area contributed by atoms with E-state index in [1.165, 1.54) is 0 Å². The van der Waals surface area contributed by atoms with Gasteiger partial charge in [-0.15, -0.1) is 0 Å². The fraction of sp³-hybridized carbons (Fsp3) is 0.381. The number of carbonyl (C=O) groups is 1. The van der Waals surface area contributed by atoms with Crippen LogP contribution in [0.3, 0.4) is 0 Å². The maximum atomic E-state index is 12.8. The van der Waals surface area contributed by atoms with Gasteiger partial charge in [0.15, 0.2) is 11.5 Å². The Hall–Kier alpha value is -2.53. The number of likely N-dealkylation sites (N-methyl/N-ethyl adjacent to an activating group) is 2. The second-order valence-electron chi connectivity index (χ2n) is 6.30. The first-order valence-electron chi connectivity index (χ1n) is 9.17. The average molecular weight is 354 g/mol. The van der Waals surface area contributed by atoms with Crippen LogP contribution >= 0.6 is 0 Å². The van der Waals surface area contributed by atoms with Crippen LogP contribution in [0.15, 0.2) is 54.6 Å². The first-order chi connectivity index (χ1) is 12.7. The van der Waals surface area contributed by atoms with Crippen molar-refractivity contribution < 1.29 is 14.3 Å². The molecule has 0 N–H and O–H groups in total. The highest BCUT2D eigenvalue weighted by Crippen LogP contribution is 2.31. The van der Waals surface area contributed by atoms with Crippen molar-refractivity contribution in [3.63, 3.8) is 0 Å². The Bertz CT molecular complexity index is 720. The number of amides is 1. The SMILES string of the molecule is CCN(CC(=O)N(CC)c1ccccc1)CC1COc2ccccc2O1. The van der Waals surface area contributed by atoms with Gasteiger partial charge in [-0.25, -0.2) is 0 Å². The third-order valence-corrected chi connectivity index (χ3v) is 4.52. The van der Waals surface area contributed by atoms with Crippen LogP contribution in [0.2, 0.25) is 0 Å². The normalized spacial score (nSPS) is 15.7. The highest BCUT2D eigenvalue weighted by atomic mass is 16.6. The van der Waals surface area contributed by atoms with Crippen molar-refractivity contribution in [3.05, 3.63) is 54.6 Å². The van der Waals surface area contributed by atoms with E-state index in [0.29, 0.717) is 26.2 Å². The van der Waals surface area contributed by atoms with Crippen LogP contribution in [0.4, 0.5) is 5.69 Å². The molecule has 0 aliphatic carbocycles. The van der Waals surface area contributed by atoms with Crippen molar-refractivity contribution in [2.45, 2.75) is 20.0 Å². The molecule has 1 unspecified atom stereocenters. The van der Waals surface area contributed by atoms with Gasteiger partial charge < -0.3 is 14.4 Å². The number of carbonyl (C=O) groups excluding carboxylic acids is 1. The number of nitrogens with zero attached hydrogens (tertiary/aromatic N) is 2.